The second-order valence-corrected chi connectivity index (χ2v) is 8.47. The van der Waals surface area contributed by atoms with Crippen LogP contribution in [0.25, 0.3) is 0 Å². The predicted molar refractivity (Wildman–Crippen MR) is 108 cm³/mol. The third-order valence-electron chi connectivity index (χ3n) is 5.94. The van der Waals surface area contributed by atoms with Gasteiger partial charge in [0.25, 0.3) is 0 Å². The van der Waals surface area contributed by atoms with Crippen molar-refractivity contribution >= 4 is 5.96 Å². The lowest BCUT2D eigenvalue weighted by molar-refractivity contribution is 0.121. The van der Waals surface area contributed by atoms with Gasteiger partial charge in [0.2, 0.25) is 0 Å². The molecule has 0 aromatic rings. The van der Waals surface area contributed by atoms with E-state index in [4.69, 9.17) is 4.99 Å². The van der Waals surface area contributed by atoms with Gasteiger partial charge in [-0.2, -0.15) is 0 Å². The van der Waals surface area contributed by atoms with Gasteiger partial charge in [0, 0.05) is 51.9 Å². The second kappa shape index (κ2) is 9.77. The summed E-state index contributed by atoms with van der Waals surface area (Å²) in [6.07, 6.45) is 5.24. The summed E-state index contributed by atoms with van der Waals surface area (Å²) >= 11 is 0. The number of nitrogens with zero attached hydrogens (tertiary/aromatic N) is 4. The fourth-order valence-electron chi connectivity index (χ4n) is 4.33. The molecule has 2 rings (SSSR count). The maximum absolute atomic E-state index is 5.03. The monoisotopic (exact) mass is 351 g/mol. The molecule has 2 aliphatic heterocycles. The highest BCUT2D eigenvalue weighted by Crippen LogP contribution is 2.33. The number of guanidine groups is 1. The highest BCUT2D eigenvalue weighted by Gasteiger charge is 2.31. The first kappa shape index (κ1) is 20.5. The fourth-order valence-corrected chi connectivity index (χ4v) is 4.33. The third-order valence-corrected chi connectivity index (χ3v) is 5.94. The van der Waals surface area contributed by atoms with E-state index in [1.807, 2.05) is 0 Å². The van der Waals surface area contributed by atoms with E-state index in [2.05, 4.69) is 54.8 Å². The molecule has 2 saturated heterocycles. The molecule has 0 aliphatic carbocycles. The van der Waals surface area contributed by atoms with Crippen molar-refractivity contribution < 1.29 is 0 Å². The Bertz CT molecular complexity index is 412. The molecule has 0 aromatic carbocycles. The molecule has 1 N–H and O–H groups in total. The summed E-state index contributed by atoms with van der Waals surface area (Å²) in [6.45, 7) is 18.1. The van der Waals surface area contributed by atoms with Crippen molar-refractivity contribution in [2.24, 2.45) is 10.4 Å². The van der Waals surface area contributed by atoms with E-state index in [1.54, 1.807) is 0 Å². The Hall–Kier alpha value is -0.810. The van der Waals surface area contributed by atoms with Crippen LogP contribution in [0.4, 0.5) is 0 Å². The average Bonchev–Trinajstić information content (AvgIpc) is 2.59. The molecule has 5 heteroatoms. The smallest absolute Gasteiger partial charge is 0.193 e. The minimum atomic E-state index is 0.451. The van der Waals surface area contributed by atoms with Crippen molar-refractivity contribution in [1.29, 1.82) is 0 Å². The Balaban J connectivity index is 1.95. The maximum atomic E-state index is 5.03. The normalized spacial score (nSPS) is 28.2. The summed E-state index contributed by atoms with van der Waals surface area (Å²) in [6, 6.07) is 0.522. The molecule has 0 saturated carbocycles. The minimum absolute atomic E-state index is 0.451. The zero-order chi connectivity index (χ0) is 18.3. The average molecular weight is 352 g/mol. The number of hydrogen-bond donors (Lipinski definition) is 1. The second-order valence-electron chi connectivity index (χ2n) is 8.47. The molecule has 0 bridgehead atoms. The number of piperazine rings is 1. The molecule has 25 heavy (non-hydrogen) atoms. The van der Waals surface area contributed by atoms with Crippen LogP contribution in [0.1, 0.15) is 53.4 Å². The van der Waals surface area contributed by atoms with Crippen LogP contribution in [0.15, 0.2) is 4.99 Å². The van der Waals surface area contributed by atoms with Gasteiger partial charge in [-0.05, 0) is 45.6 Å². The highest BCUT2D eigenvalue weighted by molar-refractivity contribution is 5.80. The molecule has 2 unspecified atom stereocenters. The summed E-state index contributed by atoms with van der Waals surface area (Å²) in [5, 5.41) is 3.55. The zero-order valence-electron chi connectivity index (χ0n) is 17.4. The van der Waals surface area contributed by atoms with Gasteiger partial charge in [-0.1, -0.05) is 20.3 Å². The van der Waals surface area contributed by atoms with Crippen LogP contribution in [0.5, 0.6) is 0 Å². The van der Waals surface area contributed by atoms with E-state index in [1.165, 1.54) is 51.9 Å². The van der Waals surface area contributed by atoms with Gasteiger partial charge >= 0.3 is 0 Å². The van der Waals surface area contributed by atoms with Gasteiger partial charge in [0.05, 0.1) is 6.54 Å². The molecule has 0 spiro atoms. The van der Waals surface area contributed by atoms with Gasteiger partial charge in [-0.15, -0.1) is 0 Å². The standard InChI is InChI=1S/C20H41N5/c1-6-9-20(4)10-8-11-25(17-20)19(21-7-2)22-16-18(3)24-14-12-23(5)13-15-24/h18H,6-17H2,1-5H3,(H,21,22). The Morgan fingerprint density at radius 3 is 2.52 bits per heavy atom. The van der Waals surface area contributed by atoms with Crippen LogP contribution in [0, 0.1) is 5.41 Å². The van der Waals surface area contributed by atoms with Crippen molar-refractivity contribution in [1.82, 2.24) is 20.0 Å². The molecule has 2 heterocycles. The Morgan fingerprint density at radius 1 is 1.16 bits per heavy atom. The molecule has 146 valence electrons. The molecule has 5 nitrogen and oxygen atoms in total. The molecule has 0 amide bonds. The first-order chi connectivity index (χ1) is 12.0. The number of likely N-dealkylation sites (tertiary alicyclic amines) is 1. The van der Waals surface area contributed by atoms with E-state index in [-0.39, 0.29) is 0 Å². The summed E-state index contributed by atoms with van der Waals surface area (Å²) in [5.41, 5.74) is 0.451. The number of aliphatic imine (C=N–C) groups is 1. The zero-order valence-corrected chi connectivity index (χ0v) is 17.4. The lowest BCUT2D eigenvalue weighted by Gasteiger charge is -2.42. The van der Waals surface area contributed by atoms with Crippen LogP contribution < -0.4 is 5.32 Å². The molecule has 2 fully saturated rings. The first-order valence-corrected chi connectivity index (χ1v) is 10.4. The summed E-state index contributed by atoms with van der Waals surface area (Å²) in [4.78, 5) is 12.5. The van der Waals surface area contributed by atoms with Gasteiger partial charge in [0.15, 0.2) is 5.96 Å². The molecule has 0 radical (unpaired) electrons. The van der Waals surface area contributed by atoms with Crippen molar-refractivity contribution in [3.05, 3.63) is 0 Å². The molecule has 2 atom stereocenters. The first-order valence-electron chi connectivity index (χ1n) is 10.4. The van der Waals surface area contributed by atoms with Crippen LogP contribution in [-0.4, -0.2) is 86.1 Å². The SMILES string of the molecule is CCCC1(C)CCCN(C(=NCC(C)N2CCN(C)CC2)NCC)C1. The van der Waals surface area contributed by atoms with E-state index >= 15 is 0 Å². The number of nitrogens with one attached hydrogen (secondary N) is 1. The van der Waals surface area contributed by atoms with Gasteiger partial charge in [-0.3, -0.25) is 9.89 Å². The van der Waals surface area contributed by atoms with Crippen LogP contribution in [0.2, 0.25) is 0 Å². The van der Waals surface area contributed by atoms with Gasteiger partial charge < -0.3 is 15.1 Å². The number of likely N-dealkylation sites (N-methyl/N-ethyl adjacent to an activating group) is 1. The largest absolute Gasteiger partial charge is 0.357 e. The molecular formula is C20H41N5. The third kappa shape index (κ3) is 6.14. The minimum Gasteiger partial charge on any atom is -0.357 e. The van der Waals surface area contributed by atoms with E-state index in [0.29, 0.717) is 11.5 Å². The van der Waals surface area contributed by atoms with Gasteiger partial charge in [0.1, 0.15) is 0 Å². The highest BCUT2D eigenvalue weighted by atomic mass is 15.3. The molecule has 0 aromatic heterocycles. The van der Waals surface area contributed by atoms with E-state index in [0.717, 1.165) is 32.1 Å². The summed E-state index contributed by atoms with van der Waals surface area (Å²) < 4.78 is 0. The van der Waals surface area contributed by atoms with Crippen molar-refractivity contribution in [2.45, 2.75) is 59.4 Å². The number of hydrogen-bond acceptors (Lipinski definition) is 3. The summed E-state index contributed by atoms with van der Waals surface area (Å²) in [7, 11) is 2.22. The summed E-state index contributed by atoms with van der Waals surface area (Å²) in [5.74, 6) is 1.13. The molecule has 2 aliphatic rings. The van der Waals surface area contributed by atoms with Crippen molar-refractivity contribution in [3.63, 3.8) is 0 Å². The Labute approximate surface area is 155 Å². The number of piperidine rings is 1. The Morgan fingerprint density at radius 2 is 1.88 bits per heavy atom. The van der Waals surface area contributed by atoms with Gasteiger partial charge in [-0.25, -0.2) is 0 Å². The molecular weight excluding hydrogens is 310 g/mol. The van der Waals surface area contributed by atoms with E-state index < -0.39 is 0 Å². The van der Waals surface area contributed by atoms with Crippen LogP contribution in [-0.2, 0) is 0 Å². The predicted octanol–water partition coefficient (Wildman–Crippen LogP) is 2.49. The lowest BCUT2D eigenvalue weighted by Crippen LogP contribution is -2.51. The fraction of sp³-hybridized carbons (Fsp3) is 0.950. The number of rotatable bonds is 6. The topological polar surface area (TPSA) is 34.1 Å². The lowest BCUT2D eigenvalue weighted by atomic mass is 9.78. The van der Waals surface area contributed by atoms with Crippen molar-refractivity contribution in [3.8, 4) is 0 Å². The van der Waals surface area contributed by atoms with Crippen LogP contribution in [0.3, 0.4) is 0 Å². The quantitative estimate of drug-likeness (QED) is 0.589. The Kier molecular flexibility index (Phi) is 8.01. The maximum Gasteiger partial charge on any atom is 0.193 e. The van der Waals surface area contributed by atoms with E-state index in [9.17, 15) is 0 Å². The van der Waals surface area contributed by atoms with Crippen LogP contribution >= 0.6 is 0 Å². The van der Waals surface area contributed by atoms with Crippen molar-refractivity contribution in [2.75, 3.05) is 59.4 Å².